The third-order valence-corrected chi connectivity index (χ3v) is 6.71. The Morgan fingerprint density at radius 3 is 2.69 bits per heavy atom. The van der Waals surface area contributed by atoms with E-state index in [4.69, 9.17) is 0 Å². The van der Waals surface area contributed by atoms with E-state index in [1.165, 1.54) is 32.1 Å². The second-order valence-corrected chi connectivity index (χ2v) is 8.93. The van der Waals surface area contributed by atoms with Crippen molar-refractivity contribution in [2.75, 3.05) is 10.6 Å². The van der Waals surface area contributed by atoms with Crippen molar-refractivity contribution < 1.29 is 9.59 Å². The molecule has 162 valence electrons. The van der Waals surface area contributed by atoms with Gasteiger partial charge in [0, 0.05) is 28.9 Å². The Hall–Kier alpha value is -3.40. The van der Waals surface area contributed by atoms with Crippen LogP contribution in [0.2, 0.25) is 0 Å². The van der Waals surface area contributed by atoms with Gasteiger partial charge in [-0.05, 0) is 52.9 Å². The summed E-state index contributed by atoms with van der Waals surface area (Å²) < 4.78 is 0. The van der Waals surface area contributed by atoms with Crippen LogP contribution in [0.3, 0.4) is 0 Å². The van der Waals surface area contributed by atoms with Crippen LogP contribution in [-0.2, 0) is 9.59 Å². The SMILES string of the molecule is O=C(CCC1CCCCC1)Nc1ccc2c(c1)/C(=C\c1cccc3ccccc13)C(=O)N2. The van der Waals surface area contributed by atoms with Gasteiger partial charge in [0.15, 0.2) is 0 Å². The molecular formula is C28H28N2O2. The summed E-state index contributed by atoms with van der Waals surface area (Å²) in [5, 5.41) is 8.23. The van der Waals surface area contributed by atoms with Gasteiger partial charge in [0.1, 0.15) is 0 Å². The van der Waals surface area contributed by atoms with Crippen molar-refractivity contribution >= 4 is 45.6 Å². The van der Waals surface area contributed by atoms with Crippen LogP contribution in [0.15, 0.2) is 60.7 Å². The number of rotatable bonds is 5. The van der Waals surface area contributed by atoms with Crippen molar-refractivity contribution in [2.24, 2.45) is 5.92 Å². The number of fused-ring (bicyclic) bond motifs is 2. The predicted octanol–water partition coefficient (Wildman–Crippen LogP) is 6.63. The highest BCUT2D eigenvalue weighted by Crippen LogP contribution is 2.36. The van der Waals surface area contributed by atoms with Gasteiger partial charge in [-0.1, -0.05) is 74.6 Å². The highest BCUT2D eigenvalue weighted by molar-refractivity contribution is 6.35. The summed E-state index contributed by atoms with van der Waals surface area (Å²) in [5.74, 6) is 0.618. The van der Waals surface area contributed by atoms with Gasteiger partial charge < -0.3 is 10.6 Å². The van der Waals surface area contributed by atoms with E-state index < -0.39 is 0 Å². The molecule has 1 aliphatic heterocycles. The van der Waals surface area contributed by atoms with Crippen LogP contribution >= 0.6 is 0 Å². The van der Waals surface area contributed by atoms with E-state index in [0.717, 1.165) is 39.7 Å². The molecule has 1 fully saturated rings. The fourth-order valence-corrected chi connectivity index (χ4v) is 4.98. The van der Waals surface area contributed by atoms with Crippen LogP contribution in [0.25, 0.3) is 22.4 Å². The molecule has 4 nitrogen and oxygen atoms in total. The van der Waals surface area contributed by atoms with Gasteiger partial charge >= 0.3 is 0 Å². The molecule has 1 aliphatic carbocycles. The molecule has 0 unspecified atom stereocenters. The number of anilines is 2. The molecule has 2 amide bonds. The number of carbonyl (C=O) groups excluding carboxylic acids is 2. The molecule has 0 radical (unpaired) electrons. The zero-order valence-electron chi connectivity index (χ0n) is 18.2. The van der Waals surface area contributed by atoms with Crippen molar-refractivity contribution in [2.45, 2.75) is 44.9 Å². The van der Waals surface area contributed by atoms with E-state index in [9.17, 15) is 9.59 Å². The average Bonchev–Trinajstić information content (AvgIpc) is 3.13. The topological polar surface area (TPSA) is 58.2 Å². The Morgan fingerprint density at radius 1 is 1.00 bits per heavy atom. The van der Waals surface area contributed by atoms with Gasteiger partial charge in [-0.25, -0.2) is 0 Å². The van der Waals surface area contributed by atoms with E-state index in [1.807, 2.05) is 48.5 Å². The molecule has 1 heterocycles. The molecule has 2 N–H and O–H groups in total. The lowest BCUT2D eigenvalue weighted by molar-refractivity contribution is -0.116. The maximum Gasteiger partial charge on any atom is 0.256 e. The molecule has 0 saturated heterocycles. The summed E-state index contributed by atoms with van der Waals surface area (Å²) in [6.45, 7) is 0. The number of hydrogen-bond acceptors (Lipinski definition) is 2. The maximum atomic E-state index is 12.7. The number of nitrogens with one attached hydrogen (secondary N) is 2. The minimum absolute atomic E-state index is 0.0485. The summed E-state index contributed by atoms with van der Waals surface area (Å²) in [7, 11) is 0. The lowest BCUT2D eigenvalue weighted by Crippen LogP contribution is -2.14. The number of amides is 2. The van der Waals surface area contributed by atoms with E-state index in [0.29, 0.717) is 17.9 Å². The first-order valence-corrected chi connectivity index (χ1v) is 11.6. The fraction of sp³-hybridized carbons (Fsp3) is 0.286. The second-order valence-electron chi connectivity index (χ2n) is 8.93. The van der Waals surface area contributed by atoms with Crippen molar-refractivity contribution in [3.63, 3.8) is 0 Å². The summed E-state index contributed by atoms with van der Waals surface area (Å²) in [6, 6.07) is 19.9. The van der Waals surface area contributed by atoms with Gasteiger partial charge in [-0.3, -0.25) is 9.59 Å². The molecule has 0 atom stereocenters. The Balaban J connectivity index is 1.36. The lowest BCUT2D eigenvalue weighted by atomic mass is 9.86. The Kier molecular flexibility index (Phi) is 5.76. The Labute approximate surface area is 188 Å². The van der Waals surface area contributed by atoms with Gasteiger partial charge in [-0.2, -0.15) is 0 Å². The number of benzene rings is 3. The maximum absolute atomic E-state index is 12.7. The second kappa shape index (κ2) is 8.99. The van der Waals surface area contributed by atoms with Crippen LogP contribution in [0.1, 0.15) is 56.1 Å². The molecule has 32 heavy (non-hydrogen) atoms. The summed E-state index contributed by atoms with van der Waals surface area (Å²) >= 11 is 0. The van der Waals surface area contributed by atoms with Gasteiger partial charge in [0.2, 0.25) is 5.91 Å². The molecular weight excluding hydrogens is 396 g/mol. The molecule has 2 aliphatic rings. The molecule has 5 rings (SSSR count). The number of carbonyl (C=O) groups is 2. The monoisotopic (exact) mass is 424 g/mol. The van der Waals surface area contributed by atoms with E-state index >= 15 is 0 Å². The molecule has 0 spiro atoms. The van der Waals surface area contributed by atoms with Gasteiger partial charge in [0.25, 0.3) is 5.91 Å². The molecule has 0 bridgehead atoms. The average molecular weight is 425 g/mol. The third-order valence-electron chi connectivity index (χ3n) is 6.71. The largest absolute Gasteiger partial charge is 0.326 e. The van der Waals surface area contributed by atoms with Crippen LogP contribution in [-0.4, -0.2) is 11.8 Å². The quantitative estimate of drug-likeness (QED) is 0.452. The lowest BCUT2D eigenvalue weighted by Gasteiger charge is -2.21. The van der Waals surface area contributed by atoms with E-state index in [-0.39, 0.29) is 11.8 Å². The Morgan fingerprint density at radius 2 is 1.81 bits per heavy atom. The highest BCUT2D eigenvalue weighted by Gasteiger charge is 2.25. The highest BCUT2D eigenvalue weighted by atomic mass is 16.2. The number of hydrogen-bond donors (Lipinski definition) is 2. The third kappa shape index (κ3) is 4.31. The molecule has 3 aromatic rings. The van der Waals surface area contributed by atoms with Crippen LogP contribution in [0.5, 0.6) is 0 Å². The zero-order chi connectivity index (χ0) is 21.9. The first-order chi connectivity index (χ1) is 15.7. The summed E-state index contributed by atoms with van der Waals surface area (Å²) in [4.78, 5) is 25.2. The first kappa shape index (κ1) is 20.5. The zero-order valence-corrected chi connectivity index (χ0v) is 18.2. The summed E-state index contributed by atoms with van der Waals surface area (Å²) in [5.41, 5.74) is 3.96. The molecule has 0 aromatic heterocycles. The van der Waals surface area contributed by atoms with Crippen LogP contribution in [0, 0.1) is 5.92 Å². The normalized spacial score (nSPS) is 17.4. The molecule has 4 heteroatoms. The standard InChI is InChI=1S/C28H28N2O2/c31-27(16-13-19-7-2-1-3-8-19)29-22-14-15-26-24(18-22)25(28(32)30-26)17-21-11-6-10-20-9-4-5-12-23(20)21/h4-6,9-12,14-15,17-19H,1-3,7-8,13,16H2,(H,29,31)(H,30,32)/b25-17+. The molecule has 3 aromatic carbocycles. The smallest absolute Gasteiger partial charge is 0.256 e. The minimum atomic E-state index is -0.117. The van der Waals surface area contributed by atoms with Crippen molar-refractivity contribution in [3.05, 3.63) is 71.8 Å². The minimum Gasteiger partial charge on any atom is -0.326 e. The summed E-state index contributed by atoms with van der Waals surface area (Å²) in [6.07, 6.45) is 9.89. The van der Waals surface area contributed by atoms with Crippen LogP contribution in [0.4, 0.5) is 11.4 Å². The van der Waals surface area contributed by atoms with Gasteiger partial charge in [0.05, 0.1) is 0 Å². The molecule has 1 saturated carbocycles. The van der Waals surface area contributed by atoms with Crippen molar-refractivity contribution in [1.82, 2.24) is 0 Å². The van der Waals surface area contributed by atoms with E-state index in [2.05, 4.69) is 28.8 Å². The van der Waals surface area contributed by atoms with Crippen molar-refractivity contribution in [3.8, 4) is 0 Å². The predicted molar refractivity (Wildman–Crippen MR) is 131 cm³/mol. The van der Waals surface area contributed by atoms with Gasteiger partial charge in [-0.15, -0.1) is 0 Å². The van der Waals surface area contributed by atoms with Crippen LogP contribution < -0.4 is 10.6 Å². The first-order valence-electron chi connectivity index (χ1n) is 11.6. The fourth-order valence-electron chi connectivity index (χ4n) is 4.98. The van der Waals surface area contributed by atoms with Crippen molar-refractivity contribution in [1.29, 1.82) is 0 Å². The van der Waals surface area contributed by atoms with E-state index in [1.54, 1.807) is 0 Å². The Bertz CT molecular complexity index is 1200.